The Balaban J connectivity index is 2.17. The second kappa shape index (κ2) is 7.43. The van der Waals surface area contributed by atoms with Crippen LogP contribution in [0.3, 0.4) is 0 Å². The van der Waals surface area contributed by atoms with Crippen LogP contribution < -0.4 is 4.18 Å². The summed E-state index contributed by atoms with van der Waals surface area (Å²) in [6.07, 6.45) is 0.991. The Morgan fingerprint density at radius 1 is 1.16 bits per heavy atom. The molecule has 0 fully saturated rings. The highest BCUT2D eigenvalue weighted by atomic mass is 32.2. The maximum Gasteiger partial charge on any atom is 0.339 e. The van der Waals surface area contributed by atoms with Crippen molar-refractivity contribution >= 4 is 21.6 Å². The Hall–Kier alpha value is -2.74. The van der Waals surface area contributed by atoms with Gasteiger partial charge in [0.2, 0.25) is 0 Å². The molecule has 2 rings (SSSR count). The zero-order valence-electron chi connectivity index (χ0n) is 13.8. The fourth-order valence-electron chi connectivity index (χ4n) is 2.20. The number of rotatable bonds is 7. The van der Waals surface area contributed by atoms with Crippen molar-refractivity contribution in [2.75, 3.05) is 0 Å². The predicted octanol–water partition coefficient (Wildman–Crippen LogP) is 3.19. The van der Waals surface area contributed by atoms with Gasteiger partial charge in [-0.15, -0.1) is 0 Å². The van der Waals surface area contributed by atoms with Gasteiger partial charge in [-0.3, -0.25) is 10.1 Å². The van der Waals surface area contributed by atoms with Gasteiger partial charge in [-0.1, -0.05) is 12.1 Å². The van der Waals surface area contributed by atoms with Crippen LogP contribution in [-0.4, -0.2) is 19.1 Å². The molecule has 0 aliphatic rings. The second-order valence-corrected chi connectivity index (χ2v) is 7.14. The number of aryl methyl sites for hydroxylation is 2. The number of Topliss-reactive ketones (excluding diaryl/α,β-unsaturated/α-hetero) is 1. The Morgan fingerprint density at radius 3 is 2.32 bits per heavy atom. The third-order valence-electron chi connectivity index (χ3n) is 3.55. The van der Waals surface area contributed by atoms with Crippen LogP contribution in [0.1, 0.15) is 24.5 Å². The van der Waals surface area contributed by atoms with Gasteiger partial charge in [0, 0.05) is 18.1 Å². The van der Waals surface area contributed by atoms with E-state index >= 15 is 0 Å². The van der Waals surface area contributed by atoms with Gasteiger partial charge >= 0.3 is 10.1 Å². The number of nitro benzene ring substituents is 1. The first-order valence-corrected chi connectivity index (χ1v) is 8.88. The van der Waals surface area contributed by atoms with Crippen molar-refractivity contribution in [3.05, 3.63) is 63.7 Å². The lowest BCUT2D eigenvalue weighted by molar-refractivity contribution is -0.385. The molecule has 132 valence electrons. The van der Waals surface area contributed by atoms with Gasteiger partial charge in [0.1, 0.15) is 16.4 Å². The minimum Gasteiger partial charge on any atom is -0.379 e. The van der Waals surface area contributed by atoms with Gasteiger partial charge in [0.05, 0.1) is 4.92 Å². The number of carbonyl (C=O) groups is 1. The van der Waals surface area contributed by atoms with Crippen molar-refractivity contribution in [3.8, 4) is 5.75 Å². The molecule has 0 unspecified atom stereocenters. The molecule has 0 N–H and O–H groups in total. The first-order chi connectivity index (χ1) is 11.7. The van der Waals surface area contributed by atoms with E-state index in [1.165, 1.54) is 32.0 Å². The van der Waals surface area contributed by atoms with Crippen LogP contribution in [0.2, 0.25) is 0 Å². The summed E-state index contributed by atoms with van der Waals surface area (Å²) in [6.45, 7) is 2.97. The van der Waals surface area contributed by atoms with Gasteiger partial charge in [-0.25, -0.2) is 0 Å². The van der Waals surface area contributed by atoms with Gasteiger partial charge in [0.15, 0.2) is 0 Å². The summed E-state index contributed by atoms with van der Waals surface area (Å²) in [5.74, 6) is 0.207. The molecule has 0 radical (unpaired) electrons. The molecule has 25 heavy (non-hydrogen) atoms. The molecule has 0 aromatic heterocycles. The Kier molecular flexibility index (Phi) is 5.53. The molecule has 8 heteroatoms. The molecule has 2 aromatic carbocycles. The van der Waals surface area contributed by atoms with Crippen molar-refractivity contribution in [2.45, 2.75) is 31.6 Å². The van der Waals surface area contributed by atoms with Crippen LogP contribution >= 0.6 is 0 Å². The number of carbonyl (C=O) groups excluding carboxylic acids is 1. The van der Waals surface area contributed by atoms with E-state index in [1.807, 2.05) is 0 Å². The monoisotopic (exact) mass is 363 g/mol. The lowest BCUT2D eigenvalue weighted by atomic mass is 10.1. The van der Waals surface area contributed by atoms with Crippen LogP contribution in [0.25, 0.3) is 0 Å². The highest BCUT2D eigenvalue weighted by Gasteiger charge is 2.20. The summed E-state index contributed by atoms with van der Waals surface area (Å²) in [6, 6.07) is 9.87. The van der Waals surface area contributed by atoms with Crippen LogP contribution in [0, 0.1) is 17.0 Å². The van der Waals surface area contributed by atoms with E-state index in [2.05, 4.69) is 0 Å². The number of nitrogens with zero attached hydrogens (tertiary/aromatic N) is 1. The quantitative estimate of drug-likeness (QED) is 0.425. The zero-order chi connectivity index (χ0) is 18.6. The molecule has 0 aliphatic carbocycles. The molecule has 0 amide bonds. The van der Waals surface area contributed by atoms with Crippen molar-refractivity contribution in [1.29, 1.82) is 0 Å². The van der Waals surface area contributed by atoms with E-state index in [-0.39, 0.29) is 27.7 Å². The van der Waals surface area contributed by atoms with Crippen LogP contribution in [0.15, 0.2) is 47.4 Å². The Morgan fingerprint density at radius 2 is 1.80 bits per heavy atom. The summed E-state index contributed by atoms with van der Waals surface area (Å²) >= 11 is 0. The van der Waals surface area contributed by atoms with Crippen LogP contribution in [-0.2, 0) is 21.3 Å². The standard InChI is InChI=1S/C17H17NO6S/c1-12-11-16(9-10-17(12)18(20)21)25(22,23)24-15-7-5-14(6-8-15)4-3-13(2)19/h5-11H,3-4H2,1-2H3. The maximum atomic E-state index is 12.3. The molecule has 0 aliphatic heterocycles. The first-order valence-electron chi connectivity index (χ1n) is 7.47. The summed E-state index contributed by atoms with van der Waals surface area (Å²) < 4.78 is 29.7. The molecule has 0 saturated heterocycles. The minimum atomic E-state index is -4.09. The number of ketones is 1. The molecule has 0 bridgehead atoms. The number of nitro groups is 1. The third-order valence-corrected chi connectivity index (χ3v) is 4.79. The van der Waals surface area contributed by atoms with Crippen molar-refractivity contribution < 1.29 is 22.3 Å². The van der Waals surface area contributed by atoms with E-state index in [4.69, 9.17) is 4.18 Å². The SMILES string of the molecule is CC(=O)CCc1ccc(OS(=O)(=O)c2ccc([N+](=O)[O-])c(C)c2)cc1. The van der Waals surface area contributed by atoms with Gasteiger partial charge in [-0.05, 0) is 50.1 Å². The number of benzene rings is 2. The average molecular weight is 363 g/mol. The topological polar surface area (TPSA) is 104 Å². The van der Waals surface area contributed by atoms with Gasteiger partial charge in [-0.2, -0.15) is 8.42 Å². The average Bonchev–Trinajstić information content (AvgIpc) is 2.53. The zero-order valence-corrected chi connectivity index (χ0v) is 14.6. The number of hydrogen-bond donors (Lipinski definition) is 0. The van der Waals surface area contributed by atoms with Crippen LogP contribution in [0.5, 0.6) is 5.75 Å². The highest BCUT2D eigenvalue weighted by Crippen LogP contribution is 2.24. The largest absolute Gasteiger partial charge is 0.379 e. The van der Waals surface area contributed by atoms with Crippen molar-refractivity contribution in [2.24, 2.45) is 0 Å². The van der Waals surface area contributed by atoms with E-state index in [9.17, 15) is 23.3 Å². The summed E-state index contributed by atoms with van der Waals surface area (Å²) in [4.78, 5) is 21.0. The number of hydrogen-bond acceptors (Lipinski definition) is 6. The Bertz CT molecular complexity index is 903. The molecule has 0 saturated carbocycles. The van der Waals surface area contributed by atoms with E-state index in [0.717, 1.165) is 17.7 Å². The van der Waals surface area contributed by atoms with E-state index in [0.29, 0.717) is 12.8 Å². The predicted molar refractivity (Wildman–Crippen MR) is 91.1 cm³/mol. The van der Waals surface area contributed by atoms with Crippen molar-refractivity contribution in [3.63, 3.8) is 0 Å². The Labute approximate surface area is 145 Å². The fraction of sp³-hybridized carbons (Fsp3) is 0.235. The minimum absolute atomic E-state index is 0.0800. The van der Waals surface area contributed by atoms with Gasteiger partial charge in [0.25, 0.3) is 5.69 Å². The lowest BCUT2D eigenvalue weighted by Crippen LogP contribution is -2.10. The summed E-state index contributed by atoms with van der Waals surface area (Å²) in [7, 11) is -4.09. The summed E-state index contributed by atoms with van der Waals surface area (Å²) in [5, 5.41) is 10.8. The summed E-state index contributed by atoms with van der Waals surface area (Å²) in [5.41, 5.74) is 0.967. The van der Waals surface area contributed by atoms with Crippen molar-refractivity contribution in [1.82, 2.24) is 0 Å². The van der Waals surface area contributed by atoms with Gasteiger partial charge < -0.3 is 8.98 Å². The molecule has 2 aromatic rings. The lowest BCUT2D eigenvalue weighted by Gasteiger charge is -2.08. The molecule has 0 atom stereocenters. The molecular weight excluding hydrogens is 346 g/mol. The molecule has 0 heterocycles. The molecule has 7 nitrogen and oxygen atoms in total. The fourth-order valence-corrected chi connectivity index (χ4v) is 3.21. The molecular formula is C17H17NO6S. The maximum absolute atomic E-state index is 12.3. The highest BCUT2D eigenvalue weighted by molar-refractivity contribution is 7.87. The van der Waals surface area contributed by atoms with E-state index in [1.54, 1.807) is 12.1 Å². The first kappa shape index (κ1) is 18.6. The van der Waals surface area contributed by atoms with Crippen LogP contribution in [0.4, 0.5) is 5.69 Å². The normalized spacial score (nSPS) is 11.1. The smallest absolute Gasteiger partial charge is 0.339 e. The second-order valence-electron chi connectivity index (χ2n) is 5.59. The molecule has 0 spiro atoms. The third kappa shape index (κ3) is 4.87. The van der Waals surface area contributed by atoms with E-state index < -0.39 is 15.0 Å².